The van der Waals surface area contributed by atoms with Crippen LogP contribution in [0.1, 0.15) is 22.7 Å². The average Bonchev–Trinajstić information content (AvgIpc) is 2.37. The lowest BCUT2D eigenvalue weighted by Gasteiger charge is -2.20. The van der Waals surface area contributed by atoms with E-state index in [1.807, 2.05) is 44.3 Å². The molecule has 1 unspecified atom stereocenters. The third kappa shape index (κ3) is 3.06. The molecule has 100 valence electrons. The van der Waals surface area contributed by atoms with Crippen LogP contribution in [0.5, 0.6) is 0 Å². The van der Waals surface area contributed by atoms with Crippen molar-refractivity contribution in [2.75, 3.05) is 7.05 Å². The summed E-state index contributed by atoms with van der Waals surface area (Å²) in [4.78, 5) is 0. The van der Waals surface area contributed by atoms with Gasteiger partial charge in [0.2, 0.25) is 0 Å². The summed E-state index contributed by atoms with van der Waals surface area (Å²) in [7, 11) is 1.88. The molecule has 0 fully saturated rings. The minimum Gasteiger partial charge on any atom is -0.309 e. The molecular weight excluding hydrogens is 301 g/mol. The molecule has 2 aromatic carbocycles. The Morgan fingerprint density at radius 3 is 2.37 bits per heavy atom. The van der Waals surface area contributed by atoms with Crippen molar-refractivity contribution in [2.24, 2.45) is 0 Å². The maximum atomic E-state index is 6.39. The molecule has 1 atom stereocenters. The van der Waals surface area contributed by atoms with Gasteiger partial charge in [0.25, 0.3) is 0 Å². The highest BCUT2D eigenvalue weighted by molar-refractivity contribution is 6.35. The van der Waals surface area contributed by atoms with Gasteiger partial charge in [0.15, 0.2) is 0 Å². The highest BCUT2D eigenvalue weighted by Crippen LogP contribution is 2.34. The van der Waals surface area contributed by atoms with Crippen molar-refractivity contribution < 1.29 is 0 Å². The average molecular weight is 315 g/mol. The molecule has 2 rings (SSSR count). The van der Waals surface area contributed by atoms with Gasteiger partial charge in [-0.15, -0.1) is 0 Å². The van der Waals surface area contributed by atoms with E-state index >= 15 is 0 Å². The Kier molecular flexibility index (Phi) is 4.75. The van der Waals surface area contributed by atoms with Gasteiger partial charge < -0.3 is 5.32 Å². The molecule has 1 nitrogen and oxygen atoms in total. The zero-order chi connectivity index (χ0) is 14.0. The summed E-state index contributed by atoms with van der Waals surface area (Å²) >= 11 is 18.6. The Bertz CT molecular complexity index is 596. The van der Waals surface area contributed by atoms with Crippen LogP contribution in [-0.4, -0.2) is 7.05 Å². The summed E-state index contributed by atoms with van der Waals surface area (Å²) in [5, 5.41) is 5.26. The first kappa shape index (κ1) is 14.7. The quantitative estimate of drug-likeness (QED) is 0.814. The molecule has 4 heteroatoms. The molecule has 1 N–H and O–H groups in total. The lowest BCUT2D eigenvalue weighted by atomic mass is 9.97. The van der Waals surface area contributed by atoms with Crippen molar-refractivity contribution in [1.29, 1.82) is 0 Å². The minimum absolute atomic E-state index is 0.0582. The van der Waals surface area contributed by atoms with Gasteiger partial charge >= 0.3 is 0 Å². The maximum Gasteiger partial charge on any atom is 0.0603 e. The predicted octanol–water partition coefficient (Wildman–Crippen LogP) is 5.26. The molecule has 0 radical (unpaired) electrons. The van der Waals surface area contributed by atoms with Crippen LogP contribution in [0.2, 0.25) is 15.1 Å². The lowest BCUT2D eigenvalue weighted by Crippen LogP contribution is -2.18. The summed E-state index contributed by atoms with van der Waals surface area (Å²) in [5.41, 5.74) is 3.01. The number of rotatable bonds is 3. The van der Waals surface area contributed by atoms with Gasteiger partial charge in [0.1, 0.15) is 0 Å². The van der Waals surface area contributed by atoms with Crippen LogP contribution in [0.25, 0.3) is 0 Å². The summed E-state index contributed by atoms with van der Waals surface area (Å²) < 4.78 is 0. The standard InChI is InChI=1S/C15H14Cl3N/c1-9-4-3-5-12(14(9)18)15(19-2)11-7-6-10(16)8-13(11)17/h3-8,15,19H,1-2H3. The molecule has 0 aliphatic rings. The summed E-state index contributed by atoms with van der Waals surface area (Å²) in [5.74, 6) is 0. The summed E-state index contributed by atoms with van der Waals surface area (Å²) in [6, 6.07) is 11.4. The molecule has 0 saturated carbocycles. The van der Waals surface area contributed by atoms with Crippen molar-refractivity contribution in [1.82, 2.24) is 5.32 Å². The van der Waals surface area contributed by atoms with Gasteiger partial charge in [-0.25, -0.2) is 0 Å². The number of aryl methyl sites for hydroxylation is 1. The Balaban J connectivity index is 2.53. The number of nitrogens with one attached hydrogen (secondary N) is 1. The molecule has 0 aliphatic carbocycles. The first-order chi connectivity index (χ1) is 9.04. The van der Waals surface area contributed by atoms with Crippen molar-refractivity contribution in [3.63, 3.8) is 0 Å². The van der Waals surface area contributed by atoms with E-state index in [1.54, 1.807) is 6.07 Å². The third-order valence-corrected chi connectivity index (χ3v) is 4.17. The fraction of sp³-hybridized carbons (Fsp3) is 0.200. The van der Waals surface area contributed by atoms with Gasteiger partial charge in [0, 0.05) is 15.1 Å². The van der Waals surface area contributed by atoms with Gasteiger partial charge in [-0.3, -0.25) is 0 Å². The predicted molar refractivity (Wildman–Crippen MR) is 83.6 cm³/mol. The smallest absolute Gasteiger partial charge is 0.0603 e. The molecule has 19 heavy (non-hydrogen) atoms. The highest BCUT2D eigenvalue weighted by atomic mass is 35.5. The second-order valence-electron chi connectivity index (χ2n) is 4.37. The Morgan fingerprint density at radius 1 is 1.00 bits per heavy atom. The van der Waals surface area contributed by atoms with E-state index in [-0.39, 0.29) is 6.04 Å². The first-order valence-corrected chi connectivity index (χ1v) is 7.05. The van der Waals surface area contributed by atoms with Crippen LogP contribution >= 0.6 is 34.8 Å². The van der Waals surface area contributed by atoms with Crippen molar-refractivity contribution >= 4 is 34.8 Å². The van der Waals surface area contributed by atoms with E-state index < -0.39 is 0 Å². The lowest BCUT2D eigenvalue weighted by molar-refractivity contribution is 0.691. The Morgan fingerprint density at radius 2 is 1.74 bits per heavy atom. The number of hydrogen-bond donors (Lipinski definition) is 1. The zero-order valence-electron chi connectivity index (χ0n) is 10.7. The van der Waals surface area contributed by atoms with Gasteiger partial charge in [-0.05, 0) is 42.8 Å². The SMILES string of the molecule is CNC(c1ccc(Cl)cc1Cl)c1cccc(C)c1Cl. The van der Waals surface area contributed by atoms with E-state index in [4.69, 9.17) is 34.8 Å². The monoisotopic (exact) mass is 313 g/mol. The van der Waals surface area contributed by atoms with Crippen molar-refractivity contribution in [3.05, 3.63) is 68.2 Å². The fourth-order valence-electron chi connectivity index (χ4n) is 2.11. The van der Waals surface area contributed by atoms with Crippen LogP contribution in [0.15, 0.2) is 36.4 Å². The Hall–Kier alpha value is -0.730. The van der Waals surface area contributed by atoms with E-state index in [2.05, 4.69) is 5.32 Å². The molecule has 0 heterocycles. The van der Waals surface area contributed by atoms with Crippen molar-refractivity contribution in [2.45, 2.75) is 13.0 Å². The normalized spacial score (nSPS) is 12.5. The molecule has 0 amide bonds. The molecule has 0 aliphatic heterocycles. The van der Waals surface area contributed by atoms with Crippen LogP contribution in [0, 0.1) is 6.92 Å². The van der Waals surface area contributed by atoms with Crippen LogP contribution in [-0.2, 0) is 0 Å². The van der Waals surface area contributed by atoms with E-state index in [0.717, 1.165) is 21.7 Å². The van der Waals surface area contributed by atoms with Gasteiger partial charge in [0.05, 0.1) is 6.04 Å². The zero-order valence-corrected chi connectivity index (χ0v) is 12.9. The van der Waals surface area contributed by atoms with Gasteiger partial charge in [-0.1, -0.05) is 59.1 Å². The molecule has 0 aromatic heterocycles. The second-order valence-corrected chi connectivity index (χ2v) is 5.59. The largest absolute Gasteiger partial charge is 0.309 e. The van der Waals surface area contributed by atoms with Gasteiger partial charge in [-0.2, -0.15) is 0 Å². The second kappa shape index (κ2) is 6.15. The van der Waals surface area contributed by atoms with Crippen molar-refractivity contribution in [3.8, 4) is 0 Å². The fourth-order valence-corrected chi connectivity index (χ4v) is 2.86. The number of hydrogen-bond acceptors (Lipinski definition) is 1. The maximum absolute atomic E-state index is 6.39. The number of halogens is 3. The number of benzene rings is 2. The van der Waals surface area contributed by atoms with Crippen LogP contribution in [0.3, 0.4) is 0 Å². The molecule has 0 spiro atoms. The first-order valence-electron chi connectivity index (χ1n) is 5.92. The van der Waals surface area contributed by atoms with E-state index in [9.17, 15) is 0 Å². The summed E-state index contributed by atoms with van der Waals surface area (Å²) in [6.45, 7) is 1.99. The minimum atomic E-state index is -0.0582. The van der Waals surface area contributed by atoms with Crippen LogP contribution in [0.4, 0.5) is 0 Å². The molecular formula is C15H14Cl3N. The topological polar surface area (TPSA) is 12.0 Å². The third-order valence-electron chi connectivity index (χ3n) is 3.09. The Labute approximate surface area is 128 Å². The van der Waals surface area contributed by atoms with Crippen LogP contribution < -0.4 is 5.32 Å². The molecule has 0 saturated heterocycles. The molecule has 2 aromatic rings. The highest BCUT2D eigenvalue weighted by Gasteiger charge is 2.18. The van der Waals surface area contributed by atoms with E-state index in [0.29, 0.717) is 10.0 Å². The van der Waals surface area contributed by atoms with E-state index in [1.165, 1.54) is 0 Å². The molecule has 0 bridgehead atoms. The summed E-state index contributed by atoms with van der Waals surface area (Å²) in [6.07, 6.45) is 0.